The van der Waals surface area contributed by atoms with Gasteiger partial charge in [0, 0.05) is 17.2 Å². The van der Waals surface area contributed by atoms with Crippen molar-refractivity contribution in [1.29, 1.82) is 0 Å². The van der Waals surface area contributed by atoms with Crippen LogP contribution in [0.25, 0.3) is 5.76 Å². The van der Waals surface area contributed by atoms with E-state index in [4.69, 9.17) is 9.47 Å². The molecule has 1 saturated heterocycles. The molecule has 5 rings (SSSR count). The van der Waals surface area contributed by atoms with Gasteiger partial charge in [0.2, 0.25) is 5.78 Å². The van der Waals surface area contributed by atoms with E-state index in [0.717, 1.165) is 16.7 Å². The summed E-state index contributed by atoms with van der Waals surface area (Å²) in [6.45, 7) is 4.56. The minimum atomic E-state index is -0.972. The summed E-state index contributed by atoms with van der Waals surface area (Å²) in [5.74, 6) is -1.49. The fraction of sp³-hybridized carbons (Fsp3) is 0.182. The standard InChI is InChI=1S/C33H30N2O6/c1-3-40-28-17-25(11-14-27(28)36)30-29(32(38)33(39)35(30)19-23-8-5-15-34-18-23)31(37)24-9-12-26(13-10-24)41-20-22-7-4-6-21(2)16-22/h4-18,30,36-37H,3,19-20H2,1-2H3/b31-29+. The predicted molar refractivity (Wildman–Crippen MR) is 149 cm³/mol. The van der Waals surface area contributed by atoms with Crippen LogP contribution in [-0.2, 0) is 22.7 Å². The summed E-state index contributed by atoms with van der Waals surface area (Å²) in [6, 6.07) is 21.7. The smallest absolute Gasteiger partial charge is 0.295 e. The summed E-state index contributed by atoms with van der Waals surface area (Å²) in [7, 11) is 0. The van der Waals surface area contributed by atoms with Crippen molar-refractivity contribution in [1.82, 2.24) is 4.90 Å². The van der Waals surface area contributed by atoms with Crippen LogP contribution < -0.4 is 19.6 Å². The average molecular weight is 551 g/mol. The van der Waals surface area contributed by atoms with Crippen LogP contribution >= 0.6 is 0 Å². The van der Waals surface area contributed by atoms with Crippen LogP contribution in [0, 0.1) is 6.92 Å². The van der Waals surface area contributed by atoms with Gasteiger partial charge in [-0.15, -0.1) is 0 Å². The van der Waals surface area contributed by atoms with E-state index in [1.165, 1.54) is 11.0 Å². The van der Waals surface area contributed by atoms with Crippen molar-refractivity contribution in [2.45, 2.75) is 33.0 Å². The largest absolute Gasteiger partial charge is 0.872 e. The molecule has 208 valence electrons. The number of Topliss-reactive ketones (excluding diaryl/α,β-unsaturated/α-hetero) is 1. The van der Waals surface area contributed by atoms with E-state index in [2.05, 4.69) is 4.98 Å². The minimum absolute atomic E-state index is 0.0791. The first-order valence-corrected chi connectivity index (χ1v) is 13.3. The summed E-state index contributed by atoms with van der Waals surface area (Å²) >= 11 is 0. The Morgan fingerprint density at radius 3 is 2.46 bits per heavy atom. The maximum Gasteiger partial charge on any atom is 0.295 e. The summed E-state index contributed by atoms with van der Waals surface area (Å²) < 4.78 is 11.4. The molecule has 1 atom stereocenters. The molecule has 0 aliphatic carbocycles. The number of H-pyrrole nitrogens is 1. The zero-order valence-electron chi connectivity index (χ0n) is 22.8. The number of carbonyl (C=O) groups is 2. The summed E-state index contributed by atoms with van der Waals surface area (Å²) in [4.78, 5) is 31.0. The van der Waals surface area contributed by atoms with E-state index in [1.807, 2.05) is 37.3 Å². The van der Waals surface area contributed by atoms with Gasteiger partial charge in [-0.1, -0.05) is 53.8 Å². The molecule has 8 nitrogen and oxygen atoms in total. The first-order chi connectivity index (χ1) is 19.9. The van der Waals surface area contributed by atoms with Gasteiger partial charge in [0.15, 0.2) is 23.9 Å². The Bertz CT molecular complexity index is 1600. The number of aromatic nitrogens is 1. The van der Waals surface area contributed by atoms with Gasteiger partial charge >= 0.3 is 0 Å². The number of rotatable bonds is 9. The summed E-state index contributed by atoms with van der Waals surface area (Å²) in [6.07, 6.45) is 3.47. The molecule has 2 heterocycles. The number of aromatic hydroxyl groups is 1. The lowest BCUT2D eigenvalue weighted by Gasteiger charge is -2.27. The second-order valence-corrected chi connectivity index (χ2v) is 9.78. The van der Waals surface area contributed by atoms with Gasteiger partial charge in [-0.2, -0.15) is 0 Å². The van der Waals surface area contributed by atoms with E-state index in [1.54, 1.807) is 61.8 Å². The highest BCUT2D eigenvalue weighted by Gasteiger charge is 2.44. The molecule has 41 heavy (non-hydrogen) atoms. The van der Waals surface area contributed by atoms with Crippen LogP contribution in [0.3, 0.4) is 0 Å². The second-order valence-electron chi connectivity index (χ2n) is 9.78. The Morgan fingerprint density at radius 2 is 1.76 bits per heavy atom. The lowest BCUT2D eigenvalue weighted by Crippen LogP contribution is -2.29. The van der Waals surface area contributed by atoms with Crippen molar-refractivity contribution in [3.63, 3.8) is 0 Å². The molecule has 1 aliphatic rings. The molecular formula is C33H30N2O6. The maximum atomic E-state index is 13.8. The quantitative estimate of drug-likeness (QED) is 0.192. The van der Waals surface area contributed by atoms with Crippen molar-refractivity contribution in [2.24, 2.45) is 0 Å². The van der Waals surface area contributed by atoms with Gasteiger partial charge in [0.1, 0.15) is 12.4 Å². The number of nitrogens with zero attached hydrogens (tertiary/aromatic N) is 1. The fourth-order valence-electron chi connectivity index (χ4n) is 4.90. The SMILES string of the molecule is CCOc1cc(C2/C(=C(\[O-])c3ccc(OCc4cccc(C)c4)cc3)C(=O)C(=O)N2Cc2ccc[nH+]c2)ccc1O. The van der Waals surface area contributed by atoms with Crippen LogP contribution in [0.5, 0.6) is 17.2 Å². The number of phenolic OH excluding ortho intramolecular Hbond substituents is 1. The van der Waals surface area contributed by atoms with E-state index in [0.29, 0.717) is 24.5 Å². The summed E-state index contributed by atoms with van der Waals surface area (Å²) in [5, 5.41) is 24.1. The van der Waals surface area contributed by atoms with Gasteiger partial charge in [0.05, 0.1) is 19.2 Å². The van der Waals surface area contributed by atoms with Crippen LogP contribution in [-0.4, -0.2) is 28.3 Å². The number of pyridine rings is 1. The first kappa shape index (κ1) is 27.5. The zero-order valence-corrected chi connectivity index (χ0v) is 22.8. The number of benzene rings is 3. The molecule has 0 saturated carbocycles. The van der Waals surface area contributed by atoms with Crippen LogP contribution in [0.4, 0.5) is 0 Å². The third-order valence-electron chi connectivity index (χ3n) is 6.86. The molecular weight excluding hydrogens is 520 g/mol. The Hall–Kier alpha value is -5.11. The monoisotopic (exact) mass is 550 g/mol. The first-order valence-electron chi connectivity index (χ1n) is 13.3. The number of hydrogen-bond acceptors (Lipinski definition) is 6. The van der Waals surface area contributed by atoms with Gasteiger partial charge in [0.25, 0.3) is 5.91 Å². The topological polar surface area (TPSA) is 113 Å². The van der Waals surface area contributed by atoms with Crippen molar-refractivity contribution in [3.8, 4) is 17.2 Å². The van der Waals surface area contributed by atoms with E-state index >= 15 is 0 Å². The maximum absolute atomic E-state index is 13.8. The minimum Gasteiger partial charge on any atom is -0.872 e. The van der Waals surface area contributed by atoms with Gasteiger partial charge in [-0.25, -0.2) is 4.98 Å². The number of ether oxygens (including phenoxy) is 2. The van der Waals surface area contributed by atoms with Gasteiger partial charge < -0.3 is 24.6 Å². The Morgan fingerprint density at radius 1 is 0.976 bits per heavy atom. The highest BCUT2D eigenvalue weighted by molar-refractivity contribution is 6.46. The fourth-order valence-corrected chi connectivity index (χ4v) is 4.90. The normalized spacial score (nSPS) is 16.1. The number of nitrogens with one attached hydrogen (secondary N) is 1. The van der Waals surface area contributed by atoms with E-state index < -0.39 is 23.5 Å². The predicted octanol–water partition coefficient (Wildman–Crippen LogP) is 3.92. The number of ketones is 1. The van der Waals surface area contributed by atoms with E-state index in [9.17, 15) is 19.8 Å². The number of phenols is 1. The molecule has 1 amide bonds. The second kappa shape index (κ2) is 12.0. The van der Waals surface area contributed by atoms with Crippen LogP contribution in [0.15, 0.2) is 96.8 Å². The molecule has 2 N–H and O–H groups in total. The average Bonchev–Trinajstić information content (AvgIpc) is 3.23. The number of amides is 1. The van der Waals surface area contributed by atoms with Crippen LogP contribution in [0.2, 0.25) is 0 Å². The van der Waals surface area contributed by atoms with Crippen LogP contribution in [0.1, 0.15) is 40.8 Å². The lowest BCUT2D eigenvalue weighted by molar-refractivity contribution is -0.378. The molecule has 0 spiro atoms. The third-order valence-corrected chi connectivity index (χ3v) is 6.86. The molecule has 0 radical (unpaired) electrons. The molecule has 8 heteroatoms. The van der Waals surface area contributed by atoms with Crippen molar-refractivity contribution in [2.75, 3.05) is 6.61 Å². The van der Waals surface area contributed by atoms with Gasteiger partial charge in [-0.3, -0.25) is 9.59 Å². The Kier molecular flexibility index (Phi) is 8.01. The Balaban J connectivity index is 1.50. The molecule has 0 bridgehead atoms. The zero-order chi connectivity index (χ0) is 28.9. The number of carbonyl (C=O) groups excluding carboxylic acids is 2. The lowest BCUT2D eigenvalue weighted by atomic mass is 9.94. The number of aromatic amines is 1. The molecule has 3 aromatic carbocycles. The highest BCUT2D eigenvalue weighted by Crippen LogP contribution is 2.42. The molecule has 1 unspecified atom stereocenters. The molecule has 1 fully saturated rings. The van der Waals surface area contributed by atoms with Crippen molar-refractivity contribution < 1.29 is 34.3 Å². The number of likely N-dealkylation sites (tertiary alicyclic amines) is 1. The Labute approximate surface area is 238 Å². The highest BCUT2D eigenvalue weighted by atomic mass is 16.5. The van der Waals surface area contributed by atoms with Gasteiger partial charge in [-0.05, 0) is 60.9 Å². The van der Waals surface area contributed by atoms with E-state index in [-0.39, 0.29) is 29.2 Å². The molecule has 4 aromatic rings. The van der Waals surface area contributed by atoms with Crippen molar-refractivity contribution in [3.05, 3.63) is 125 Å². The molecule has 1 aliphatic heterocycles. The third kappa shape index (κ3) is 5.91. The van der Waals surface area contributed by atoms with Crippen molar-refractivity contribution >= 4 is 17.4 Å². The number of hydrogen-bond donors (Lipinski definition) is 1. The molecule has 1 aromatic heterocycles. The number of aryl methyl sites for hydroxylation is 1. The summed E-state index contributed by atoms with van der Waals surface area (Å²) in [5.41, 5.74) is 3.49.